The maximum absolute atomic E-state index is 11.6. The Labute approximate surface area is 227 Å². The Morgan fingerprint density at radius 3 is 2.68 bits per heavy atom. The van der Waals surface area contributed by atoms with Crippen LogP contribution in [0.4, 0.5) is 5.13 Å². The van der Waals surface area contributed by atoms with Crippen LogP contribution in [-0.2, 0) is 16.1 Å². The Balaban J connectivity index is 1.31. The minimum atomic E-state index is -0.745. The van der Waals surface area contributed by atoms with E-state index in [9.17, 15) is 15.0 Å². The molecule has 0 saturated carbocycles. The Morgan fingerprint density at radius 1 is 1.18 bits per heavy atom. The summed E-state index contributed by atoms with van der Waals surface area (Å²) in [4.78, 5) is 20.6. The lowest BCUT2D eigenvalue weighted by molar-refractivity contribution is -0.141. The number of carboxylic acids is 1. The molecular weight excluding hydrogens is 502 g/mol. The zero-order valence-corrected chi connectivity index (χ0v) is 22.9. The number of hydrogen-bond acceptors (Lipinski definition) is 8. The molecule has 9 heteroatoms. The molecule has 2 aliphatic rings. The van der Waals surface area contributed by atoms with Gasteiger partial charge in [0.25, 0.3) is 0 Å². The van der Waals surface area contributed by atoms with Crippen LogP contribution < -0.4 is 9.64 Å². The number of nitrogens with zero attached hydrogens (tertiary/aromatic N) is 3. The lowest BCUT2D eigenvalue weighted by atomic mass is 10.0. The van der Waals surface area contributed by atoms with E-state index in [2.05, 4.69) is 11.0 Å². The van der Waals surface area contributed by atoms with Gasteiger partial charge in [-0.05, 0) is 56.0 Å². The molecule has 3 heterocycles. The third-order valence-corrected chi connectivity index (χ3v) is 8.54. The van der Waals surface area contributed by atoms with Crippen molar-refractivity contribution in [3.8, 4) is 17.0 Å². The van der Waals surface area contributed by atoms with Crippen LogP contribution in [0.3, 0.4) is 0 Å². The molecule has 38 heavy (non-hydrogen) atoms. The van der Waals surface area contributed by atoms with Crippen molar-refractivity contribution in [3.05, 3.63) is 64.0 Å². The molecule has 2 N–H and O–H groups in total. The van der Waals surface area contributed by atoms with Crippen molar-refractivity contribution in [1.82, 2.24) is 9.88 Å². The molecule has 8 nitrogen and oxygen atoms in total. The predicted molar refractivity (Wildman–Crippen MR) is 148 cm³/mol. The predicted octanol–water partition coefficient (Wildman–Crippen LogP) is 4.63. The van der Waals surface area contributed by atoms with Gasteiger partial charge >= 0.3 is 5.97 Å². The first kappa shape index (κ1) is 26.6. The first-order chi connectivity index (χ1) is 18.3. The Kier molecular flexibility index (Phi) is 7.99. The number of morpholine rings is 1. The average Bonchev–Trinajstić information content (AvgIpc) is 3.55. The van der Waals surface area contributed by atoms with Gasteiger partial charge < -0.3 is 24.6 Å². The van der Waals surface area contributed by atoms with Gasteiger partial charge in [0.15, 0.2) is 5.13 Å². The van der Waals surface area contributed by atoms with E-state index in [1.165, 1.54) is 11.3 Å². The van der Waals surface area contributed by atoms with Gasteiger partial charge in [-0.2, -0.15) is 0 Å². The Morgan fingerprint density at radius 2 is 1.97 bits per heavy atom. The second-order valence-corrected chi connectivity index (χ2v) is 11.0. The maximum Gasteiger partial charge on any atom is 0.308 e. The molecule has 0 amide bonds. The van der Waals surface area contributed by atoms with Gasteiger partial charge in [-0.1, -0.05) is 29.8 Å². The highest BCUT2D eigenvalue weighted by atomic mass is 32.1. The summed E-state index contributed by atoms with van der Waals surface area (Å²) in [7, 11) is 0. The molecule has 202 valence electrons. The van der Waals surface area contributed by atoms with E-state index in [0.717, 1.165) is 57.5 Å². The van der Waals surface area contributed by atoms with Crippen LogP contribution in [0.25, 0.3) is 11.3 Å². The molecule has 3 atom stereocenters. The van der Waals surface area contributed by atoms with Crippen molar-refractivity contribution in [2.75, 3.05) is 37.7 Å². The lowest BCUT2D eigenvalue weighted by Crippen LogP contribution is -2.39. The van der Waals surface area contributed by atoms with Crippen molar-refractivity contribution in [1.29, 1.82) is 0 Å². The molecule has 5 rings (SSSR count). The van der Waals surface area contributed by atoms with Gasteiger partial charge in [0.05, 0.1) is 24.8 Å². The number of aliphatic hydroxyl groups excluding tert-OH is 1. The number of carbonyl (C=O) groups is 1. The molecule has 2 aromatic carbocycles. The van der Waals surface area contributed by atoms with Crippen molar-refractivity contribution in [3.63, 3.8) is 0 Å². The Bertz CT molecular complexity index is 1290. The van der Waals surface area contributed by atoms with Crippen LogP contribution in [0, 0.1) is 19.8 Å². The molecule has 1 unspecified atom stereocenters. The molecule has 0 aliphatic carbocycles. The molecule has 2 saturated heterocycles. The van der Waals surface area contributed by atoms with Crippen LogP contribution in [0.15, 0.2) is 41.8 Å². The monoisotopic (exact) mass is 537 g/mol. The minimum Gasteiger partial charge on any atom is -0.488 e. The highest BCUT2D eigenvalue weighted by molar-refractivity contribution is 7.14. The van der Waals surface area contributed by atoms with Gasteiger partial charge in [0.2, 0.25) is 0 Å². The van der Waals surface area contributed by atoms with Gasteiger partial charge in [-0.3, -0.25) is 9.69 Å². The second kappa shape index (κ2) is 11.4. The van der Waals surface area contributed by atoms with E-state index >= 15 is 0 Å². The maximum atomic E-state index is 11.6. The number of carboxylic acid groups (broad SMARTS) is 1. The van der Waals surface area contributed by atoms with E-state index in [-0.39, 0.29) is 12.0 Å². The molecule has 3 aromatic rings. The summed E-state index contributed by atoms with van der Waals surface area (Å²) in [5.41, 5.74) is 5.86. The van der Waals surface area contributed by atoms with Crippen molar-refractivity contribution in [2.45, 2.75) is 46.1 Å². The lowest BCUT2D eigenvalue weighted by Gasteiger charge is -2.31. The van der Waals surface area contributed by atoms with E-state index in [1.807, 2.05) is 61.4 Å². The van der Waals surface area contributed by atoms with Gasteiger partial charge in [-0.25, -0.2) is 4.98 Å². The summed E-state index contributed by atoms with van der Waals surface area (Å²) in [6.07, 6.45) is -0.00881. The van der Waals surface area contributed by atoms with E-state index < -0.39 is 12.2 Å². The first-order valence-corrected chi connectivity index (χ1v) is 14.0. The van der Waals surface area contributed by atoms with Gasteiger partial charge in [0, 0.05) is 36.6 Å². The average molecular weight is 538 g/mol. The zero-order valence-electron chi connectivity index (χ0n) is 22.1. The molecular formula is C29H35N3O5S. The Hall–Kier alpha value is -2.98. The number of ether oxygens (including phenoxy) is 2. The molecule has 2 aliphatic heterocycles. The summed E-state index contributed by atoms with van der Waals surface area (Å²) < 4.78 is 11.7. The van der Waals surface area contributed by atoms with Crippen LogP contribution in [-0.4, -0.2) is 65.0 Å². The summed E-state index contributed by atoms with van der Waals surface area (Å²) in [6.45, 7) is 9.85. The number of aryl methyl sites for hydroxylation is 2. The molecule has 1 aromatic heterocycles. The number of aliphatic hydroxyl groups is 1. The van der Waals surface area contributed by atoms with Crippen LogP contribution >= 0.6 is 11.3 Å². The SMILES string of the molecule is Cc1ccc(OCc2ccc(C(O)N3CCOCC3)cc2C)c(-c2csc(N3CC[C@@H](C(=O)O)[C@H]3C)n2)c1. The van der Waals surface area contributed by atoms with Crippen molar-refractivity contribution < 1.29 is 24.5 Å². The van der Waals surface area contributed by atoms with E-state index in [1.54, 1.807) is 0 Å². The second-order valence-electron chi connectivity index (χ2n) is 10.2. The largest absolute Gasteiger partial charge is 0.488 e. The fourth-order valence-electron chi connectivity index (χ4n) is 5.26. The van der Waals surface area contributed by atoms with Crippen LogP contribution in [0.2, 0.25) is 0 Å². The fourth-order valence-corrected chi connectivity index (χ4v) is 6.20. The highest BCUT2D eigenvalue weighted by Gasteiger charge is 2.37. The number of anilines is 1. The van der Waals surface area contributed by atoms with E-state index in [4.69, 9.17) is 14.5 Å². The molecule has 0 radical (unpaired) electrons. The molecule has 0 bridgehead atoms. The standard InChI is InChI=1S/C29H35N3O5S/c1-18-4-7-26(24(14-18)25-17-38-29(30-25)32-9-8-23(20(32)3)28(34)35)37-16-22-6-5-21(15-19(22)2)27(33)31-10-12-36-13-11-31/h4-7,14-15,17,20,23,27,33H,8-13,16H2,1-3H3,(H,34,35)/t20-,23-,27?/m1/s1. The quantitative estimate of drug-likeness (QED) is 0.430. The summed E-state index contributed by atoms with van der Waals surface area (Å²) >= 11 is 1.54. The number of hydrogen-bond donors (Lipinski definition) is 2. The van der Waals surface area contributed by atoms with Crippen molar-refractivity contribution >= 4 is 22.4 Å². The van der Waals surface area contributed by atoms with Crippen molar-refractivity contribution in [2.24, 2.45) is 5.92 Å². The number of aliphatic carboxylic acids is 1. The topological polar surface area (TPSA) is 95.4 Å². The zero-order chi connectivity index (χ0) is 26.8. The van der Waals surface area contributed by atoms with Crippen LogP contribution in [0.1, 0.15) is 41.8 Å². The smallest absolute Gasteiger partial charge is 0.308 e. The molecule has 0 spiro atoms. The number of thiazole rings is 1. The minimum absolute atomic E-state index is 0.0903. The summed E-state index contributed by atoms with van der Waals surface area (Å²) in [5, 5.41) is 23.2. The summed E-state index contributed by atoms with van der Waals surface area (Å²) in [5.74, 6) is -0.364. The van der Waals surface area contributed by atoms with Crippen LogP contribution in [0.5, 0.6) is 5.75 Å². The third-order valence-electron chi connectivity index (χ3n) is 7.66. The van der Waals surface area contributed by atoms with E-state index in [0.29, 0.717) is 32.8 Å². The first-order valence-electron chi connectivity index (χ1n) is 13.1. The number of aromatic nitrogens is 1. The molecule has 2 fully saturated rings. The highest BCUT2D eigenvalue weighted by Crippen LogP contribution is 2.38. The van der Waals surface area contributed by atoms with Gasteiger partial charge in [-0.15, -0.1) is 11.3 Å². The fraction of sp³-hybridized carbons (Fsp3) is 0.448. The third kappa shape index (κ3) is 5.56. The number of rotatable bonds is 8. The summed E-state index contributed by atoms with van der Waals surface area (Å²) in [6, 6.07) is 12.0. The normalized spacial score (nSPS) is 21.0. The number of benzene rings is 2. The van der Waals surface area contributed by atoms with Gasteiger partial charge in [0.1, 0.15) is 18.6 Å².